The number of amides is 2. The van der Waals surface area contributed by atoms with Gasteiger partial charge in [0.05, 0.1) is 11.4 Å². The minimum atomic E-state index is -0.106. The summed E-state index contributed by atoms with van der Waals surface area (Å²) in [4.78, 5) is 35.3. The normalized spacial score (nSPS) is 14.5. The summed E-state index contributed by atoms with van der Waals surface area (Å²) in [5.74, 6) is -0.114. The van der Waals surface area contributed by atoms with E-state index in [0.29, 0.717) is 23.9 Å². The molecule has 2 aromatic carbocycles. The van der Waals surface area contributed by atoms with Crippen molar-refractivity contribution in [3.05, 3.63) is 82.9 Å². The Morgan fingerprint density at radius 3 is 2.42 bits per heavy atom. The van der Waals surface area contributed by atoms with Crippen LogP contribution in [0.2, 0.25) is 0 Å². The van der Waals surface area contributed by atoms with E-state index in [4.69, 9.17) is 0 Å². The summed E-state index contributed by atoms with van der Waals surface area (Å²) >= 11 is 1.38. The maximum atomic E-state index is 12.7. The van der Waals surface area contributed by atoms with Crippen molar-refractivity contribution < 1.29 is 9.59 Å². The SMILES string of the molecule is CC(=O)N(c1ccccc1)c1nc(/C=C/C(=O)N2CCN(Cc3ccccc3C)CC2)cs1. The molecule has 1 aliphatic rings. The van der Waals surface area contributed by atoms with Crippen LogP contribution in [-0.4, -0.2) is 52.8 Å². The number of benzene rings is 2. The number of anilines is 2. The van der Waals surface area contributed by atoms with E-state index < -0.39 is 0 Å². The molecule has 0 bridgehead atoms. The van der Waals surface area contributed by atoms with Crippen molar-refractivity contribution in [3.8, 4) is 0 Å². The first-order valence-electron chi connectivity index (χ1n) is 11.1. The molecule has 7 heteroatoms. The standard InChI is InChI=1S/C26H28N4O2S/c1-20-8-6-7-9-22(20)18-28-14-16-29(17-15-28)25(32)13-12-23-19-33-26(27-23)30(21(2)31)24-10-4-3-5-11-24/h3-13,19H,14-18H2,1-2H3/b13-12+. The first-order valence-corrected chi connectivity index (χ1v) is 11.9. The highest BCUT2D eigenvalue weighted by Crippen LogP contribution is 2.29. The van der Waals surface area contributed by atoms with Gasteiger partial charge in [0.15, 0.2) is 5.13 Å². The largest absolute Gasteiger partial charge is 0.337 e. The Labute approximate surface area is 198 Å². The minimum Gasteiger partial charge on any atom is -0.337 e. The quantitative estimate of drug-likeness (QED) is 0.509. The number of carbonyl (C=O) groups is 2. The second-order valence-electron chi connectivity index (χ2n) is 8.11. The highest BCUT2D eigenvalue weighted by Gasteiger charge is 2.20. The van der Waals surface area contributed by atoms with Crippen LogP contribution in [0, 0.1) is 6.92 Å². The number of aryl methyl sites for hydroxylation is 1. The van der Waals surface area contributed by atoms with Gasteiger partial charge in [-0.25, -0.2) is 4.98 Å². The number of nitrogens with zero attached hydrogens (tertiary/aromatic N) is 4. The molecule has 1 saturated heterocycles. The fourth-order valence-corrected chi connectivity index (χ4v) is 4.73. The molecule has 2 amide bonds. The Morgan fingerprint density at radius 2 is 1.73 bits per heavy atom. The lowest BCUT2D eigenvalue weighted by molar-refractivity contribution is -0.127. The molecule has 0 radical (unpaired) electrons. The Bertz CT molecular complexity index is 1130. The summed E-state index contributed by atoms with van der Waals surface area (Å²) in [6.45, 7) is 7.72. The Morgan fingerprint density at radius 1 is 1.03 bits per heavy atom. The van der Waals surface area contributed by atoms with E-state index in [1.807, 2.05) is 40.6 Å². The van der Waals surface area contributed by atoms with Crippen LogP contribution in [0.1, 0.15) is 23.7 Å². The van der Waals surface area contributed by atoms with Crippen LogP contribution in [-0.2, 0) is 16.1 Å². The van der Waals surface area contributed by atoms with E-state index in [0.717, 1.165) is 25.3 Å². The van der Waals surface area contributed by atoms with Crippen molar-refractivity contribution in [2.24, 2.45) is 0 Å². The van der Waals surface area contributed by atoms with Gasteiger partial charge in [-0.1, -0.05) is 42.5 Å². The highest BCUT2D eigenvalue weighted by molar-refractivity contribution is 7.14. The van der Waals surface area contributed by atoms with Gasteiger partial charge in [0.2, 0.25) is 11.8 Å². The van der Waals surface area contributed by atoms with E-state index in [9.17, 15) is 9.59 Å². The molecule has 3 aromatic rings. The predicted molar refractivity (Wildman–Crippen MR) is 133 cm³/mol. The summed E-state index contributed by atoms with van der Waals surface area (Å²) in [6, 6.07) is 17.9. The fourth-order valence-electron chi connectivity index (χ4n) is 3.88. The lowest BCUT2D eigenvalue weighted by Crippen LogP contribution is -2.47. The van der Waals surface area contributed by atoms with E-state index >= 15 is 0 Å². The van der Waals surface area contributed by atoms with Crippen molar-refractivity contribution in [2.45, 2.75) is 20.4 Å². The number of aromatic nitrogens is 1. The van der Waals surface area contributed by atoms with E-state index in [2.05, 4.69) is 41.1 Å². The van der Waals surface area contributed by atoms with E-state index in [1.54, 1.807) is 17.1 Å². The van der Waals surface area contributed by atoms with Crippen LogP contribution in [0.15, 0.2) is 66.1 Å². The molecule has 0 unspecified atom stereocenters. The topological polar surface area (TPSA) is 56.8 Å². The average Bonchev–Trinajstić information content (AvgIpc) is 3.28. The lowest BCUT2D eigenvalue weighted by atomic mass is 10.1. The van der Waals surface area contributed by atoms with Crippen LogP contribution >= 0.6 is 11.3 Å². The summed E-state index contributed by atoms with van der Waals surface area (Å²) in [7, 11) is 0. The second-order valence-corrected chi connectivity index (χ2v) is 8.94. The molecule has 170 valence electrons. The van der Waals surface area contributed by atoms with Gasteiger partial charge in [-0.05, 0) is 36.3 Å². The smallest absolute Gasteiger partial charge is 0.246 e. The Balaban J connectivity index is 1.34. The van der Waals surface area contributed by atoms with Crippen molar-refractivity contribution >= 4 is 40.0 Å². The molecule has 0 aliphatic carbocycles. The van der Waals surface area contributed by atoms with Crippen molar-refractivity contribution in [2.75, 3.05) is 31.1 Å². The van der Waals surface area contributed by atoms with Gasteiger partial charge in [0, 0.05) is 51.1 Å². The molecular weight excluding hydrogens is 432 g/mol. The molecule has 0 N–H and O–H groups in total. The van der Waals surface area contributed by atoms with Crippen molar-refractivity contribution in [3.63, 3.8) is 0 Å². The Kier molecular flexibility index (Phi) is 7.32. The summed E-state index contributed by atoms with van der Waals surface area (Å²) < 4.78 is 0. The zero-order valence-electron chi connectivity index (χ0n) is 19.0. The molecule has 6 nitrogen and oxygen atoms in total. The van der Waals surface area contributed by atoms with Crippen molar-refractivity contribution in [1.29, 1.82) is 0 Å². The van der Waals surface area contributed by atoms with Crippen molar-refractivity contribution in [1.82, 2.24) is 14.8 Å². The predicted octanol–water partition coefficient (Wildman–Crippen LogP) is 4.49. The second kappa shape index (κ2) is 10.6. The number of para-hydroxylation sites is 1. The molecule has 4 rings (SSSR count). The van der Waals surface area contributed by atoms with Crippen LogP contribution in [0.3, 0.4) is 0 Å². The van der Waals surface area contributed by atoms with Gasteiger partial charge in [-0.2, -0.15) is 0 Å². The van der Waals surface area contributed by atoms with E-state index in [-0.39, 0.29) is 11.8 Å². The zero-order chi connectivity index (χ0) is 23.2. The highest BCUT2D eigenvalue weighted by atomic mass is 32.1. The number of rotatable bonds is 6. The number of piperazine rings is 1. The minimum absolute atomic E-state index is 0.00780. The third-order valence-corrected chi connectivity index (χ3v) is 6.61. The third-order valence-electron chi connectivity index (χ3n) is 5.77. The van der Waals surface area contributed by atoms with Gasteiger partial charge < -0.3 is 4.90 Å². The fraction of sp³-hybridized carbons (Fsp3) is 0.269. The monoisotopic (exact) mass is 460 g/mol. The van der Waals surface area contributed by atoms with Gasteiger partial charge in [0.25, 0.3) is 0 Å². The molecule has 1 fully saturated rings. The first-order chi connectivity index (χ1) is 16.0. The summed E-state index contributed by atoms with van der Waals surface area (Å²) in [6.07, 6.45) is 3.31. The molecule has 0 saturated carbocycles. The van der Waals surface area contributed by atoms with Gasteiger partial charge in [-0.15, -0.1) is 11.3 Å². The molecular formula is C26H28N4O2S. The molecule has 1 aromatic heterocycles. The van der Waals surface area contributed by atoms with Gasteiger partial charge in [0.1, 0.15) is 0 Å². The first kappa shape index (κ1) is 22.9. The Hall–Kier alpha value is -3.29. The molecule has 0 atom stereocenters. The number of hydrogen-bond acceptors (Lipinski definition) is 5. The lowest BCUT2D eigenvalue weighted by Gasteiger charge is -2.34. The van der Waals surface area contributed by atoms with Gasteiger partial charge >= 0.3 is 0 Å². The zero-order valence-corrected chi connectivity index (χ0v) is 19.8. The maximum absolute atomic E-state index is 12.7. The number of thiazole rings is 1. The number of hydrogen-bond donors (Lipinski definition) is 0. The molecule has 33 heavy (non-hydrogen) atoms. The van der Waals surface area contributed by atoms with Crippen LogP contribution in [0.25, 0.3) is 6.08 Å². The van der Waals surface area contributed by atoms with E-state index in [1.165, 1.54) is 29.4 Å². The molecule has 2 heterocycles. The van der Waals surface area contributed by atoms with Crippen LogP contribution < -0.4 is 4.90 Å². The van der Waals surface area contributed by atoms with Gasteiger partial charge in [-0.3, -0.25) is 19.4 Å². The average molecular weight is 461 g/mol. The van der Waals surface area contributed by atoms with Crippen LogP contribution in [0.5, 0.6) is 0 Å². The third kappa shape index (κ3) is 5.74. The molecule has 1 aliphatic heterocycles. The maximum Gasteiger partial charge on any atom is 0.246 e. The van der Waals surface area contributed by atoms with Crippen LogP contribution in [0.4, 0.5) is 10.8 Å². The summed E-state index contributed by atoms with van der Waals surface area (Å²) in [5.41, 5.74) is 4.09. The summed E-state index contributed by atoms with van der Waals surface area (Å²) in [5, 5.41) is 2.45. The molecule has 0 spiro atoms. The number of carbonyl (C=O) groups excluding carboxylic acids is 2.